The molecule has 0 unspecified atom stereocenters. The van der Waals surface area contributed by atoms with Gasteiger partial charge in [0.2, 0.25) is 11.8 Å². The van der Waals surface area contributed by atoms with Gasteiger partial charge in [0.15, 0.2) is 0 Å². The summed E-state index contributed by atoms with van der Waals surface area (Å²) in [5, 5.41) is 6.16. The lowest BCUT2D eigenvalue weighted by atomic mass is 10.1. The quantitative estimate of drug-likeness (QED) is 0.792. The van der Waals surface area contributed by atoms with Crippen LogP contribution in [0.1, 0.15) is 32.1 Å². The number of hydrogen-bond donors (Lipinski definition) is 2. The molecule has 6 heteroatoms. The molecule has 0 spiro atoms. The zero-order valence-corrected chi connectivity index (χ0v) is 15.0. The molecule has 1 aliphatic heterocycles. The molecule has 2 aliphatic rings. The molecule has 0 radical (unpaired) electrons. The van der Waals surface area contributed by atoms with Gasteiger partial charge in [0.25, 0.3) is 0 Å². The molecule has 2 amide bonds. The lowest BCUT2D eigenvalue weighted by Gasteiger charge is -2.30. The Kier molecular flexibility index (Phi) is 5.79. The Hall–Kier alpha value is -2.24. The number of benzene rings is 1. The van der Waals surface area contributed by atoms with Gasteiger partial charge in [-0.25, -0.2) is 0 Å². The molecule has 2 N–H and O–H groups in total. The molecule has 1 saturated heterocycles. The SMILES string of the molecule is CN(CC(=O)NC1CC1)C(=O)CNc1ccccc1N1CCCCC1. The van der Waals surface area contributed by atoms with Crippen molar-refractivity contribution in [1.82, 2.24) is 10.2 Å². The van der Waals surface area contributed by atoms with Gasteiger partial charge >= 0.3 is 0 Å². The zero-order chi connectivity index (χ0) is 17.6. The molecule has 1 heterocycles. The number of carbonyl (C=O) groups is 2. The van der Waals surface area contributed by atoms with Gasteiger partial charge < -0.3 is 20.4 Å². The maximum Gasteiger partial charge on any atom is 0.242 e. The molecule has 3 rings (SSSR count). The lowest BCUT2D eigenvalue weighted by molar-refractivity contribution is -0.133. The molecule has 1 aliphatic carbocycles. The van der Waals surface area contributed by atoms with Crippen LogP contribution in [0.25, 0.3) is 0 Å². The Morgan fingerprint density at radius 2 is 1.88 bits per heavy atom. The van der Waals surface area contributed by atoms with Crippen LogP contribution in [0, 0.1) is 0 Å². The Balaban J connectivity index is 1.51. The molecule has 1 saturated carbocycles. The van der Waals surface area contributed by atoms with Crippen LogP contribution in [0.2, 0.25) is 0 Å². The van der Waals surface area contributed by atoms with Crippen molar-refractivity contribution in [3.05, 3.63) is 24.3 Å². The zero-order valence-electron chi connectivity index (χ0n) is 15.0. The van der Waals surface area contributed by atoms with Crippen LogP contribution in [0.15, 0.2) is 24.3 Å². The summed E-state index contributed by atoms with van der Waals surface area (Å²) in [7, 11) is 1.67. The summed E-state index contributed by atoms with van der Waals surface area (Å²) < 4.78 is 0. The van der Waals surface area contributed by atoms with Gasteiger partial charge in [-0.3, -0.25) is 9.59 Å². The number of nitrogens with zero attached hydrogens (tertiary/aromatic N) is 2. The molecule has 1 aromatic rings. The highest BCUT2D eigenvalue weighted by atomic mass is 16.2. The predicted molar refractivity (Wildman–Crippen MR) is 99.8 cm³/mol. The van der Waals surface area contributed by atoms with E-state index >= 15 is 0 Å². The third kappa shape index (κ3) is 5.11. The number of piperidine rings is 1. The van der Waals surface area contributed by atoms with Gasteiger partial charge in [0.1, 0.15) is 0 Å². The fraction of sp³-hybridized carbons (Fsp3) is 0.579. The first-order valence-corrected chi connectivity index (χ1v) is 9.24. The largest absolute Gasteiger partial charge is 0.374 e. The predicted octanol–water partition coefficient (Wildman–Crippen LogP) is 1.83. The van der Waals surface area contributed by atoms with Gasteiger partial charge in [-0.15, -0.1) is 0 Å². The second-order valence-electron chi connectivity index (χ2n) is 7.01. The average Bonchev–Trinajstić information content (AvgIpc) is 3.44. The smallest absolute Gasteiger partial charge is 0.242 e. The van der Waals surface area contributed by atoms with Crippen molar-refractivity contribution >= 4 is 23.2 Å². The third-order valence-corrected chi connectivity index (χ3v) is 4.78. The summed E-state index contributed by atoms with van der Waals surface area (Å²) in [6, 6.07) is 8.45. The van der Waals surface area contributed by atoms with Crippen molar-refractivity contribution in [2.24, 2.45) is 0 Å². The Bertz CT molecular complexity index is 609. The monoisotopic (exact) mass is 344 g/mol. The maximum atomic E-state index is 12.3. The summed E-state index contributed by atoms with van der Waals surface area (Å²) in [6.07, 6.45) is 5.83. The molecule has 6 nitrogen and oxygen atoms in total. The van der Waals surface area contributed by atoms with Crippen LogP contribution >= 0.6 is 0 Å². The van der Waals surface area contributed by atoms with Crippen molar-refractivity contribution in [1.29, 1.82) is 0 Å². The molecular formula is C19H28N4O2. The molecule has 0 aromatic heterocycles. The maximum absolute atomic E-state index is 12.3. The van der Waals surface area contributed by atoms with Crippen molar-refractivity contribution < 1.29 is 9.59 Å². The number of nitrogens with one attached hydrogen (secondary N) is 2. The van der Waals surface area contributed by atoms with Crippen LogP contribution in [0.3, 0.4) is 0 Å². The molecule has 25 heavy (non-hydrogen) atoms. The van der Waals surface area contributed by atoms with Gasteiger partial charge in [0, 0.05) is 26.2 Å². The van der Waals surface area contributed by atoms with E-state index in [4.69, 9.17) is 0 Å². The third-order valence-electron chi connectivity index (χ3n) is 4.78. The van der Waals surface area contributed by atoms with Gasteiger partial charge in [0.05, 0.1) is 24.5 Å². The fourth-order valence-electron chi connectivity index (χ4n) is 3.14. The van der Waals surface area contributed by atoms with E-state index in [9.17, 15) is 9.59 Å². The van der Waals surface area contributed by atoms with E-state index in [2.05, 4.69) is 21.6 Å². The first kappa shape index (κ1) is 17.6. The summed E-state index contributed by atoms with van der Waals surface area (Å²) in [5.41, 5.74) is 2.14. The van der Waals surface area contributed by atoms with Crippen LogP contribution in [0.4, 0.5) is 11.4 Å². The molecule has 2 fully saturated rings. The molecule has 136 valence electrons. The van der Waals surface area contributed by atoms with E-state index in [1.165, 1.54) is 24.2 Å². The fourth-order valence-corrected chi connectivity index (χ4v) is 3.14. The molecule has 0 bridgehead atoms. The second-order valence-corrected chi connectivity index (χ2v) is 7.01. The highest BCUT2D eigenvalue weighted by Gasteiger charge is 2.24. The molecule has 1 aromatic carbocycles. The Morgan fingerprint density at radius 1 is 1.16 bits per heavy atom. The van der Waals surface area contributed by atoms with Crippen LogP contribution in [-0.4, -0.2) is 56.0 Å². The second kappa shape index (κ2) is 8.23. The number of rotatable bonds is 7. The lowest BCUT2D eigenvalue weighted by Crippen LogP contribution is -2.41. The van der Waals surface area contributed by atoms with Crippen molar-refractivity contribution in [3.8, 4) is 0 Å². The number of anilines is 2. The highest BCUT2D eigenvalue weighted by molar-refractivity contribution is 5.87. The highest BCUT2D eigenvalue weighted by Crippen LogP contribution is 2.28. The number of amides is 2. The van der Waals surface area contributed by atoms with Crippen LogP contribution < -0.4 is 15.5 Å². The molecular weight excluding hydrogens is 316 g/mol. The van der Waals surface area contributed by atoms with Gasteiger partial charge in [-0.05, 0) is 44.2 Å². The normalized spacial score (nSPS) is 17.1. The van der Waals surface area contributed by atoms with Gasteiger partial charge in [-0.1, -0.05) is 12.1 Å². The molecule has 0 atom stereocenters. The topological polar surface area (TPSA) is 64.7 Å². The van der Waals surface area contributed by atoms with Crippen LogP contribution in [-0.2, 0) is 9.59 Å². The summed E-state index contributed by atoms with van der Waals surface area (Å²) in [6.45, 7) is 2.44. The number of likely N-dealkylation sites (N-methyl/N-ethyl adjacent to an activating group) is 1. The van der Waals surface area contributed by atoms with Crippen molar-refractivity contribution in [2.75, 3.05) is 43.4 Å². The van der Waals surface area contributed by atoms with Crippen LogP contribution in [0.5, 0.6) is 0 Å². The van der Waals surface area contributed by atoms with Gasteiger partial charge in [-0.2, -0.15) is 0 Å². The van der Waals surface area contributed by atoms with E-state index in [0.717, 1.165) is 37.3 Å². The Morgan fingerprint density at radius 3 is 2.60 bits per heavy atom. The average molecular weight is 344 g/mol. The number of para-hydroxylation sites is 2. The number of hydrogen-bond acceptors (Lipinski definition) is 4. The Labute approximate surface area is 149 Å². The van der Waals surface area contributed by atoms with E-state index in [1.54, 1.807) is 7.05 Å². The number of carbonyl (C=O) groups excluding carboxylic acids is 2. The first-order chi connectivity index (χ1) is 12.1. The van der Waals surface area contributed by atoms with E-state index < -0.39 is 0 Å². The van der Waals surface area contributed by atoms with Crippen molar-refractivity contribution in [3.63, 3.8) is 0 Å². The minimum atomic E-state index is -0.0839. The van der Waals surface area contributed by atoms with E-state index in [-0.39, 0.29) is 24.9 Å². The summed E-state index contributed by atoms with van der Waals surface area (Å²) in [4.78, 5) is 28.0. The van der Waals surface area contributed by atoms with Crippen molar-refractivity contribution in [2.45, 2.75) is 38.1 Å². The standard InChI is InChI=1S/C19H28N4O2/c1-22(14-18(24)21-15-9-10-15)19(25)13-20-16-7-3-4-8-17(16)23-11-5-2-6-12-23/h3-4,7-8,15,20H,2,5-6,9-14H2,1H3,(H,21,24). The summed E-state index contributed by atoms with van der Waals surface area (Å²) >= 11 is 0. The minimum absolute atomic E-state index is 0.0768. The van der Waals surface area contributed by atoms with E-state index in [0.29, 0.717) is 6.04 Å². The van der Waals surface area contributed by atoms with E-state index in [1.807, 2.05) is 18.2 Å². The summed E-state index contributed by atoms with van der Waals surface area (Å²) in [5.74, 6) is -0.161. The first-order valence-electron chi connectivity index (χ1n) is 9.24. The minimum Gasteiger partial charge on any atom is -0.374 e.